The molecule has 2 aromatic carbocycles. The van der Waals surface area contributed by atoms with E-state index in [4.69, 9.17) is 27.9 Å². The molecule has 1 saturated heterocycles. The van der Waals surface area contributed by atoms with E-state index in [0.717, 1.165) is 0 Å². The molecule has 1 atom stereocenters. The number of nitrogens with zero attached hydrogens (tertiary/aromatic N) is 1. The van der Waals surface area contributed by atoms with Gasteiger partial charge in [-0.2, -0.15) is 0 Å². The zero-order chi connectivity index (χ0) is 16.4. The zero-order valence-corrected chi connectivity index (χ0v) is 13.6. The molecule has 3 rings (SSSR count). The molecule has 3 nitrogen and oxygen atoms in total. The highest BCUT2D eigenvalue weighted by atomic mass is 35.5. The first kappa shape index (κ1) is 16.2. The van der Waals surface area contributed by atoms with E-state index in [1.807, 2.05) is 18.2 Å². The molecule has 0 radical (unpaired) electrons. The molecular weight excluding hydrogens is 340 g/mol. The molecule has 1 unspecified atom stereocenters. The van der Waals surface area contributed by atoms with Gasteiger partial charge in [-0.05, 0) is 24.3 Å². The summed E-state index contributed by atoms with van der Waals surface area (Å²) in [6.07, 6.45) is -0.476. The normalized spacial score (nSPS) is 18.0. The number of hydrogen-bond donors (Lipinski definition) is 0. The number of halogens is 3. The average Bonchev–Trinajstić information content (AvgIpc) is 2.58. The van der Waals surface area contributed by atoms with Gasteiger partial charge in [-0.15, -0.1) is 0 Å². The molecule has 2 aromatic rings. The molecule has 0 saturated carbocycles. The van der Waals surface area contributed by atoms with Crippen molar-refractivity contribution in [1.82, 2.24) is 4.90 Å². The highest BCUT2D eigenvalue weighted by molar-refractivity contribution is 6.35. The van der Waals surface area contributed by atoms with Crippen LogP contribution in [0.2, 0.25) is 10.0 Å². The van der Waals surface area contributed by atoms with Crippen molar-refractivity contribution >= 4 is 29.1 Å². The van der Waals surface area contributed by atoms with Gasteiger partial charge < -0.3 is 9.64 Å². The number of ether oxygens (including phenoxy) is 1. The molecule has 0 bridgehead atoms. The van der Waals surface area contributed by atoms with Crippen LogP contribution in [0.25, 0.3) is 0 Å². The van der Waals surface area contributed by atoms with Crippen molar-refractivity contribution < 1.29 is 13.9 Å². The largest absolute Gasteiger partial charge is 0.370 e. The van der Waals surface area contributed by atoms with Gasteiger partial charge in [0, 0.05) is 22.7 Å². The fourth-order valence-corrected chi connectivity index (χ4v) is 3.07. The van der Waals surface area contributed by atoms with Crippen LogP contribution in [-0.2, 0) is 4.74 Å². The number of hydrogen-bond acceptors (Lipinski definition) is 2. The Kier molecular flexibility index (Phi) is 4.85. The molecule has 23 heavy (non-hydrogen) atoms. The van der Waals surface area contributed by atoms with E-state index in [-0.39, 0.29) is 10.9 Å². The highest BCUT2D eigenvalue weighted by Gasteiger charge is 2.28. The van der Waals surface area contributed by atoms with Crippen molar-refractivity contribution in [3.63, 3.8) is 0 Å². The van der Waals surface area contributed by atoms with Crippen LogP contribution in [0.3, 0.4) is 0 Å². The molecule has 1 heterocycles. The van der Waals surface area contributed by atoms with Crippen LogP contribution in [0.1, 0.15) is 22.0 Å². The molecule has 1 amide bonds. The molecule has 0 spiro atoms. The zero-order valence-electron chi connectivity index (χ0n) is 12.1. The average molecular weight is 354 g/mol. The number of amides is 1. The Balaban J connectivity index is 1.81. The van der Waals surface area contributed by atoms with E-state index in [1.54, 1.807) is 17.0 Å². The van der Waals surface area contributed by atoms with Gasteiger partial charge in [0.15, 0.2) is 0 Å². The quantitative estimate of drug-likeness (QED) is 0.751. The first-order valence-corrected chi connectivity index (χ1v) is 7.92. The fraction of sp³-hybridized carbons (Fsp3) is 0.235. The molecule has 120 valence electrons. The molecule has 1 aliphatic rings. The SMILES string of the molecule is O=C(c1ccccc1)N1CCOC(c2cc(F)c(Cl)cc2Cl)C1. The van der Waals surface area contributed by atoms with Gasteiger partial charge in [-0.3, -0.25) is 4.79 Å². The highest BCUT2D eigenvalue weighted by Crippen LogP contribution is 2.32. The topological polar surface area (TPSA) is 29.5 Å². The van der Waals surface area contributed by atoms with Crippen LogP contribution in [0.15, 0.2) is 42.5 Å². The lowest BCUT2D eigenvalue weighted by molar-refractivity contribution is -0.0228. The summed E-state index contributed by atoms with van der Waals surface area (Å²) in [5, 5.41) is 0.294. The second-order valence-electron chi connectivity index (χ2n) is 5.26. The van der Waals surface area contributed by atoms with Crippen LogP contribution in [0.4, 0.5) is 4.39 Å². The van der Waals surface area contributed by atoms with E-state index < -0.39 is 11.9 Å². The van der Waals surface area contributed by atoms with Gasteiger partial charge in [-0.25, -0.2) is 4.39 Å². The van der Waals surface area contributed by atoms with Gasteiger partial charge in [-0.1, -0.05) is 41.4 Å². The lowest BCUT2D eigenvalue weighted by Gasteiger charge is -2.33. The van der Waals surface area contributed by atoms with Crippen LogP contribution < -0.4 is 0 Å². The van der Waals surface area contributed by atoms with E-state index in [2.05, 4.69) is 0 Å². The minimum absolute atomic E-state index is 0.0354. The van der Waals surface area contributed by atoms with Gasteiger partial charge in [0.05, 0.1) is 18.2 Å². The van der Waals surface area contributed by atoms with Crippen molar-refractivity contribution in [2.45, 2.75) is 6.10 Å². The second-order valence-corrected chi connectivity index (χ2v) is 6.08. The van der Waals surface area contributed by atoms with Gasteiger partial charge in [0.25, 0.3) is 5.91 Å². The summed E-state index contributed by atoms with van der Waals surface area (Å²) in [4.78, 5) is 14.2. The first-order valence-electron chi connectivity index (χ1n) is 7.16. The predicted molar refractivity (Wildman–Crippen MR) is 87.5 cm³/mol. The smallest absolute Gasteiger partial charge is 0.254 e. The molecule has 1 aliphatic heterocycles. The monoisotopic (exact) mass is 353 g/mol. The summed E-state index contributed by atoms with van der Waals surface area (Å²) in [6, 6.07) is 11.6. The number of carbonyl (C=O) groups is 1. The summed E-state index contributed by atoms with van der Waals surface area (Å²) in [5.74, 6) is -0.634. The second kappa shape index (κ2) is 6.87. The van der Waals surface area contributed by atoms with Crippen LogP contribution in [0.5, 0.6) is 0 Å². The third-order valence-corrected chi connectivity index (χ3v) is 4.38. The predicted octanol–water partition coefficient (Wildman–Crippen LogP) is 4.35. The number of carbonyl (C=O) groups excluding carboxylic acids is 1. The van der Waals surface area contributed by atoms with Crippen molar-refractivity contribution in [3.8, 4) is 0 Å². The third-order valence-electron chi connectivity index (χ3n) is 3.76. The Labute approximate surface area is 143 Å². The summed E-state index contributed by atoms with van der Waals surface area (Å²) in [7, 11) is 0. The van der Waals surface area contributed by atoms with Crippen molar-refractivity contribution in [2.75, 3.05) is 19.7 Å². The summed E-state index contributed by atoms with van der Waals surface area (Å²) in [5.41, 5.74) is 1.11. The van der Waals surface area contributed by atoms with Gasteiger partial charge in [0.1, 0.15) is 11.9 Å². The van der Waals surface area contributed by atoms with Crippen molar-refractivity contribution in [1.29, 1.82) is 0 Å². The summed E-state index contributed by atoms with van der Waals surface area (Å²) >= 11 is 11.9. The van der Waals surface area contributed by atoms with Crippen molar-refractivity contribution in [3.05, 3.63) is 69.5 Å². The fourth-order valence-electron chi connectivity index (χ4n) is 2.57. The first-order chi connectivity index (χ1) is 11.1. The minimum Gasteiger partial charge on any atom is -0.370 e. The Morgan fingerprint density at radius 1 is 1.17 bits per heavy atom. The summed E-state index contributed by atoms with van der Waals surface area (Å²) < 4.78 is 19.4. The number of rotatable bonds is 2. The van der Waals surface area contributed by atoms with Gasteiger partial charge >= 0.3 is 0 Å². The van der Waals surface area contributed by atoms with Gasteiger partial charge in [0.2, 0.25) is 0 Å². The van der Waals surface area contributed by atoms with E-state index in [1.165, 1.54) is 12.1 Å². The lowest BCUT2D eigenvalue weighted by Crippen LogP contribution is -2.42. The Bertz CT molecular complexity index is 724. The maximum atomic E-state index is 13.7. The lowest BCUT2D eigenvalue weighted by atomic mass is 10.1. The maximum absolute atomic E-state index is 13.7. The molecule has 0 aliphatic carbocycles. The summed E-state index contributed by atoms with van der Waals surface area (Å²) in [6.45, 7) is 1.16. The van der Waals surface area contributed by atoms with Crippen molar-refractivity contribution in [2.24, 2.45) is 0 Å². The van der Waals surface area contributed by atoms with E-state index in [0.29, 0.717) is 35.8 Å². The van der Waals surface area contributed by atoms with E-state index >= 15 is 0 Å². The number of morpholine rings is 1. The molecule has 0 N–H and O–H groups in total. The number of benzene rings is 2. The molecule has 6 heteroatoms. The molecule has 0 aromatic heterocycles. The Morgan fingerprint density at radius 3 is 2.65 bits per heavy atom. The standard InChI is InChI=1S/C17H14Cl2FNO2/c18-13-9-14(19)15(20)8-12(13)16-10-21(6-7-23-16)17(22)11-4-2-1-3-5-11/h1-5,8-9,16H,6-7,10H2. The third kappa shape index (κ3) is 3.50. The Morgan fingerprint density at radius 2 is 1.91 bits per heavy atom. The van der Waals surface area contributed by atoms with E-state index in [9.17, 15) is 9.18 Å². The van der Waals surface area contributed by atoms with Crippen LogP contribution in [0, 0.1) is 5.82 Å². The minimum atomic E-state index is -0.554. The Hall–Kier alpha value is -1.62. The van der Waals surface area contributed by atoms with Crippen LogP contribution in [-0.4, -0.2) is 30.5 Å². The van der Waals surface area contributed by atoms with Crippen LogP contribution >= 0.6 is 23.2 Å². The molecular formula is C17H14Cl2FNO2. The maximum Gasteiger partial charge on any atom is 0.254 e. The molecule has 1 fully saturated rings.